The first-order valence-electron chi connectivity index (χ1n) is 19.5. The van der Waals surface area contributed by atoms with Crippen LogP contribution in [0.25, 0.3) is 67.2 Å². The predicted octanol–water partition coefficient (Wildman–Crippen LogP) is 14.7. The van der Waals surface area contributed by atoms with Gasteiger partial charge in [0, 0.05) is 39.4 Å². The van der Waals surface area contributed by atoms with Gasteiger partial charge < -0.3 is 9.47 Å². The Balaban J connectivity index is 1.00. The number of fused-ring (bicyclic) bond motifs is 3. The molecular formula is C54H40N2. The Labute approximate surface area is 328 Å². The topological polar surface area (TPSA) is 8.17 Å². The van der Waals surface area contributed by atoms with Crippen molar-refractivity contribution in [2.75, 3.05) is 4.90 Å². The largest absolute Gasteiger partial charge is 0.313 e. The van der Waals surface area contributed by atoms with Crippen LogP contribution in [0.15, 0.2) is 212 Å². The third-order valence-electron chi connectivity index (χ3n) is 11.1. The summed E-state index contributed by atoms with van der Waals surface area (Å²) in [5.41, 5.74) is 18.2. The molecule has 9 aromatic rings. The van der Waals surface area contributed by atoms with E-state index in [0.29, 0.717) is 0 Å². The Hall–Kier alpha value is -7.16. The number of hydrogen-bond donors (Lipinski definition) is 0. The Morgan fingerprint density at radius 1 is 0.375 bits per heavy atom. The lowest BCUT2D eigenvalue weighted by molar-refractivity contribution is 0.888. The zero-order valence-electron chi connectivity index (χ0n) is 31.1. The molecule has 266 valence electrons. The first-order valence-corrected chi connectivity index (χ1v) is 19.5. The van der Waals surface area contributed by atoms with Gasteiger partial charge in [-0.2, -0.15) is 0 Å². The first-order chi connectivity index (χ1) is 27.8. The summed E-state index contributed by atoms with van der Waals surface area (Å²) in [5, 5.41) is 1.29. The quantitative estimate of drug-likeness (QED) is 0.152. The highest BCUT2D eigenvalue weighted by atomic mass is 15.1. The van der Waals surface area contributed by atoms with Crippen LogP contribution < -0.4 is 4.90 Å². The van der Waals surface area contributed by atoms with Gasteiger partial charge in [-0.3, -0.25) is 0 Å². The maximum Gasteiger partial charge on any atom is 0.0538 e. The molecule has 0 bridgehead atoms. The van der Waals surface area contributed by atoms with E-state index in [9.17, 15) is 0 Å². The van der Waals surface area contributed by atoms with E-state index < -0.39 is 0 Å². The molecule has 1 aromatic heterocycles. The second-order valence-electron chi connectivity index (χ2n) is 14.5. The number of hydrogen-bond acceptors (Lipinski definition) is 1. The number of aromatic nitrogens is 1. The second kappa shape index (κ2) is 14.6. The van der Waals surface area contributed by atoms with Crippen molar-refractivity contribution in [2.24, 2.45) is 0 Å². The summed E-state index contributed by atoms with van der Waals surface area (Å²) in [5.74, 6) is 0. The number of anilines is 3. The molecule has 0 unspecified atom stereocenters. The Kier molecular flexibility index (Phi) is 8.70. The van der Waals surface area contributed by atoms with Crippen LogP contribution in [0.4, 0.5) is 17.1 Å². The van der Waals surface area contributed by atoms with Crippen molar-refractivity contribution in [3.63, 3.8) is 0 Å². The summed E-state index contributed by atoms with van der Waals surface area (Å²) < 4.78 is 2.47. The van der Waals surface area contributed by atoms with Gasteiger partial charge >= 0.3 is 0 Å². The zero-order chi connectivity index (χ0) is 37.3. The average Bonchev–Trinajstić information content (AvgIpc) is 3.62. The number of allylic oxidation sites excluding steroid dienone is 1. The van der Waals surface area contributed by atoms with Crippen LogP contribution in [0.5, 0.6) is 0 Å². The fourth-order valence-corrected chi connectivity index (χ4v) is 8.25. The molecule has 2 heteroatoms. The maximum absolute atomic E-state index is 2.47. The van der Waals surface area contributed by atoms with Crippen LogP contribution in [-0.2, 0) is 6.42 Å². The summed E-state index contributed by atoms with van der Waals surface area (Å²) in [4.78, 5) is 2.35. The van der Waals surface area contributed by atoms with Crippen molar-refractivity contribution in [1.29, 1.82) is 0 Å². The second-order valence-corrected chi connectivity index (χ2v) is 14.5. The molecule has 10 rings (SSSR count). The molecule has 0 radical (unpaired) electrons. The highest BCUT2D eigenvalue weighted by molar-refractivity contribution is 5.96. The summed E-state index contributed by atoms with van der Waals surface area (Å²) >= 11 is 0. The standard InChI is InChI=1S/C54H40N2/c1-4-12-39(13-5-1)42-20-29-47(30-21-42)55(48-31-22-43(23-32-48)40-14-6-2-7-15-40)49-33-26-45(27-34-49)46-28-37-54-52(38-46)51-18-10-11-19-53(51)56(54)50-35-24-44(25-36-50)41-16-8-3-9-17-41/h1-10,12-18,20-38H,11,19H2. The molecule has 56 heavy (non-hydrogen) atoms. The Bertz CT molecular complexity index is 2700. The van der Waals surface area contributed by atoms with Gasteiger partial charge in [-0.15, -0.1) is 0 Å². The summed E-state index contributed by atoms with van der Waals surface area (Å²) in [7, 11) is 0. The molecule has 1 aliphatic carbocycles. The highest BCUT2D eigenvalue weighted by Gasteiger charge is 2.20. The molecule has 0 aliphatic heterocycles. The first kappa shape index (κ1) is 33.4. The van der Waals surface area contributed by atoms with Gasteiger partial charge in [-0.25, -0.2) is 0 Å². The van der Waals surface area contributed by atoms with E-state index in [4.69, 9.17) is 0 Å². The van der Waals surface area contributed by atoms with Crippen molar-refractivity contribution in [1.82, 2.24) is 4.57 Å². The summed E-state index contributed by atoms with van der Waals surface area (Å²) in [6.45, 7) is 0. The third kappa shape index (κ3) is 6.32. The van der Waals surface area contributed by atoms with Gasteiger partial charge in [-0.1, -0.05) is 158 Å². The van der Waals surface area contributed by atoms with Crippen LogP contribution >= 0.6 is 0 Å². The number of rotatable bonds is 8. The van der Waals surface area contributed by atoms with Gasteiger partial charge in [0.05, 0.1) is 5.52 Å². The minimum absolute atomic E-state index is 1.03. The molecule has 0 amide bonds. The summed E-state index contributed by atoms with van der Waals surface area (Å²) in [6.07, 6.45) is 6.73. The van der Waals surface area contributed by atoms with E-state index in [1.54, 1.807) is 0 Å². The van der Waals surface area contributed by atoms with Crippen molar-refractivity contribution in [3.05, 3.63) is 224 Å². The third-order valence-corrected chi connectivity index (χ3v) is 11.1. The normalized spacial score (nSPS) is 12.1. The van der Waals surface area contributed by atoms with Crippen molar-refractivity contribution in [3.8, 4) is 50.2 Å². The zero-order valence-corrected chi connectivity index (χ0v) is 31.1. The van der Waals surface area contributed by atoms with Crippen LogP contribution in [0.2, 0.25) is 0 Å². The van der Waals surface area contributed by atoms with Crippen LogP contribution in [0.3, 0.4) is 0 Å². The van der Waals surface area contributed by atoms with Crippen molar-refractivity contribution < 1.29 is 0 Å². The Morgan fingerprint density at radius 2 is 0.768 bits per heavy atom. The molecule has 0 N–H and O–H groups in total. The van der Waals surface area contributed by atoms with Crippen molar-refractivity contribution >= 4 is 34.0 Å². The molecular weight excluding hydrogens is 677 g/mol. The summed E-state index contributed by atoms with van der Waals surface area (Å²) in [6, 6.07) is 74.6. The van der Waals surface area contributed by atoms with E-state index in [1.807, 2.05) is 0 Å². The van der Waals surface area contributed by atoms with Gasteiger partial charge in [0.2, 0.25) is 0 Å². The fraction of sp³-hybridized carbons (Fsp3) is 0.0370. The lowest BCUT2D eigenvalue weighted by Crippen LogP contribution is -2.09. The van der Waals surface area contributed by atoms with Crippen LogP contribution in [0.1, 0.15) is 17.7 Å². The van der Waals surface area contributed by atoms with Crippen LogP contribution in [-0.4, -0.2) is 4.57 Å². The molecule has 0 atom stereocenters. The lowest BCUT2D eigenvalue weighted by atomic mass is 9.98. The minimum Gasteiger partial charge on any atom is -0.313 e. The van der Waals surface area contributed by atoms with E-state index >= 15 is 0 Å². The smallest absolute Gasteiger partial charge is 0.0538 e. The van der Waals surface area contributed by atoms with E-state index in [-0.39, 0.29) is 0 Å². The predicted molar refractivity (Wildman–Crippen MR) is 237 cm³/mol. The molecule has 2 nitrogen and oxygen atoms in total. The molecule has 8 aromatic carbocycles. The molecule has 1 aliphatic rings. The average molecular weight is 717 g/mol. The van der Waals surface area contributed by atoms with E-state index in [2.05, 4.69) is 228 Å². The van der Waals surface area contributed by atoms with Crippen molar-refractivity contribution in [2.45, 2.75) is 12.8 Å². The minimum atomic E-state index is 1.03. The SMILES string of the molecule is C1=Cc2c(n(-c3ccc(-c4ccccc4)cc3)c3ccc(-c4ccc(N(c5ccc(-c6ccccc6)cc5)c5ccc(-c6ccccc6)cc5)cc4)cc23)CC1. The highest BCUT2D eigenvalue weighted by Crippen LogP contribution is 2.40. The lowest BCUT2D eigenvalue weighted by Gasteiger charge is -2.26. The van der Waals surface area contributed by atoms with Gasteiger partial charge in [0.25, 0.3) is 0 Å². The van der Waals surface area contributed by atoms with Crippen LogP contribution in [0, 0.1) is 0 Å². The number of benzene rings is 8. The molecule has 0 saturated heterocycles. The number of nitrogens with zero attached hydrogens (tertiary/aromatic N) is 2. The molecule has 0 spiro atoms. The van der Waals surface area contributed by atoms with Gasteiger partial charge in [0.15, 0.2) is 0 Å². The van der Waals surface area contributed by atoms with E-state index in [0.717, 1.165) is 29.9 Å². The molecule has 1 heterocycles. The van der Waals surface area contributed by atoms with E-state index in [1.165, 1.54) is 72.4 Å². The Morgan fingerprint density at radius 3 is 1.23 bits per heavy atom. The molecule has 0 saturated carbocycles. The fourth-order valence-electron chi connectivity index (χ4n) is 8.25. The monoisotopic (exact) mass is 716 g/mol. The maximum atomic E-state index is 2.47. The molecule has 0 fully saturated rings. The van der Waals surface area contributed by atoms with Gasteiger partial charge in [0.1, 0.15) is 0 Å². The van der Waals surface area contributed by atoms with Gasteiger partial charge in [-0.05, 0) is 118 Å².